The molecule has 2 aromatic rings. The van der Waals surface area contributed by atoms with Crippen LogP contribution >= 0.6 is 0 Å². The highest BCUT2D eigenvalue weighted by atomic mass is 19.1. The maximum absolute atomic E-state index is 13.3. The van der Waals surface area contributed by atoms with Crippen molar-refractivity contribution in [3.8, 4) is 5.75 Å². The Morgan fingerprint density at radius 2 is 1.87 bits per heavy atom. The standard InChI is InChI=1S/C24H31FN4O2/c1-18(31-22-8-6-7-21(25)15-22)16-27-24(26-2)28-17-19-9-11-20(12-10-19)23(30)29-13-4-3-5-14-29/h6-12,15,18H,3-5,13-14,16-17H2,1-2H3,(H2,26,27,28). The molecule has 3 rings (SSSR count). The Morgan fingerprint density at radius 1 is 1.13 bits per heavy atom. The largest absolute Gasteiger partial charge is 0.489 e. The van der Waals surface area contributed by atoms with Crippen molar-refractivity contribution >= 4 is 11.9 Å². The fourth-order valence-corrected chi connectivity index (χ4v) is 3.51. The van der Waals surface area contributed by atoms with E-state index in [1.165, 1.54) is 18.6 Å². The van der Waals surface area contributed by atoms with Gasteiger partial charge in [-0.25, -0.2) is 4.39 Å². The molecule has 7 heteroatoms. The van der Waals surface area contributed by atoms with Gasteiger partial charge >= 0.3 is 0 Å². The minimum atomic E-state index is -0.321. The zero-order valence-electron chi connectivity index (χ0n) is 18.2. The van der Waals surface area contributed by atoms with E-state index < -0.39 is 0 Å². The van der Waals surface area contributed by atoms with Gasteiger partial charge in [0.2, 0.25) is 0 Å². The molecule has 0 saturated carbocycles. The molecule has 1 atom stereocenters. The van der Waals surface area contributed by atoms with Crippen LogP contribution in [-0.4, -0.2) is 49.6 Å². The molecule has 1 saturated heterocycles. The Kier molecular flexibility index (Phi) is 8.27. The number of amides is 1. The molecule has 2 N–H and O–H groups in total. The van der Waals surface area contributed by atoms with Crippen molar-refractivity contribution in [1.29, 1.82) is 0 Å². The first-order valence-corrected chi connectivity index (χ1v) is 10.8. The molecule has 0 bridgehead atoms. The molecular formula is C24H31FN4O2. The van der Waals surface area contributed by atoms with E-state index in [2.05, 4.69) is 15.6 Å². The van der Waals surface area contributed by atoms with Crippen molar-refractivity contribution in [3.05, 3.63) is 65.5 Å². The maximum atomic E-state index is 13.3. The van der Waals surface area contributed by atoms with Gasteiger partial charge in [-0.3, -0.25) is 9.79 Å². The van der Waals surface area contributed by atoms with E-state index in [1.54, 1.807) is 19.2 Å². The number of rotatable bonds is 7. The number of guanidine groups is 1. The van der Waals surface area contributed by atoms with Gasteiger partial charge in [-0.05, 0) is 56.0 Å². The number of aliphatic imine (C=N–C) groups is 1. The second-order valence-corrected chi connectivity index (χ2v) is 7.74. The van der Waals surface area contributed by atoms with Crippen molar-refractivity contribution in [1.82, 2.24) is 15.5 Å². The molecule has 1 amide bonds. The van der Waals surface area contributed by atoms with E-state index in [9.17, 15) is 9.18 Å². The third kappa shape index (κ3) is 6.98. The van der Waals surface area contributed by atoms with Crippen molar-refractivity contribution in [2.75, 3.05) is 26.7 Å². The van der Waals surface area contributed by atoms with E-state index in [1.807, 2.05) is 36.1 Å². The van der Waals surface area contributed by atoms with Crippen LogP contribution in [0.2, 0.25) is 0 Å². The summed E-state index contributed by atoms with van der Waals surface area (Å²) in [6.07, 6.45) is 3.22. The molecule has 6 nitrogen and oxygen atoms in total. The first kappa shape index (κ1) is 22.6. The van der Waals surface area contributed by atoms with Gasteiger partial charge in [-0.2, -0.15) is 0 Å². The molecule has 1 unspecified atom stereocenters. The van der Waals surface area contributed by atoms with Gasteiger partial charge in [-0.1, -0.05) is 18.2 Å². The first-order valence-electron chi connectivity index (χ1n) is 10.8. The molecule has 166 valence electrons. The van der Waals surface area contributed by atoms with Crippen molar-refractivity contribution < 1.29 is 13.9 Å². The summed E-state index contributed by atoms with van der Waals surface area (Å²) in [6, 6.07) is 13.8. The number of benzene rings is 2. The summed E-state index contributed by atoms with van der Waals surface area (Å²) < 4.78 is 19.0. The van der Waals surface area contributed by atoms with Crippen LogP contribution in [0.25, 0.3) is 0 Å². The number of ether oxygens (including phenoxy) is 1. The molecule has 1 heterocycles. The SMILES string of the molecule is CN=C(NCc1ccc(C(=O)N2CCCCC2)cc1)NCC(C)Oc1cccc(F)c1. The number of nitrogens with zero attached hydrogens (tertiary/aromatic N) is 2. The average Bonchev–Trinajstić information content (AvgIpc) is 2.79. The van der Waals surface area contributed by atoms with Gasteiger partial charge in [0.1, 0.15) is 17.7 Å². The minimum Gasteiger partial charge on any atom is -0.489 e. The zero-order valence-corrected chi connectivity index (χ0v) is 18.2. The number of hydrogen-bond acceptors (Lipinski definition) is 3. The third-order valence-electron chi connectivity index (χ3n) is 5.22. The minimum absolute atomic E-state index is 0.115. The Hall–Kier alpha value is -3.09. The molecule has 31 heavy (non-hydrogen) atoms. The van der Waals surface area contributed by atoms with Crippen LogP contribution in [0.3, 0.4) is 0 Å². The van der Waals surface area contributed by atoms with E-state index >= 15 is 0 Å². The number of nitrogens with one attached hydrogen (secondary N) is 2. The number of carbonyl (C=O) groups excluding carboxylic acids is 1. The zero-order chi connectivity index (χ0) is 22.1. The molecule has 2 aromatic carbocycles. The molecule has 0 radical (unpaired) electrons. The summed E-state index contributed by atoms with van der Waals surface area (Å²) in [6.45, 7) is 4.71. The second kappa shape index (κ2) is 11.3. The molecule has 0 aromatic heterocycles. The van der Waals surface area contributed by atoms with Gasteiger partial charge < -0.3 is 20.3 Å². The molecular weight excluding hydrogens is 395 g/mol. The van der Waals surface area contributed by atoms with E-state index in [4.69, 9.17) is 4.74 Å². The van der Waals surface area contributed by atoms with Crippen LogP contribution < -0.4 is 15.4 Å². The van der Waals surface area contributed by atoms with Gasteiger partial charge in [0.25, 0.3) is 5.91 Å². The van der Waals surface area contributed by atoms with Crippen LogP contribution in [0.5, 0.6) is 5.75 Å². The molecule has 0 spiro atoms. The Morgan fingerprint density at radius 3 is 2.55 bits per heavy atom. The van der Waals surface area contributed by atoms with Gasteiger partial charge in [-0.15, -0.1) is 0 Å². The average molecular weight is 427 g/mol. The Balaban J connectivity index is 1.44. The van der Waals surface area contributed by atoms with E-state index in [0.29, 0.717) is 24.8 Å². The van der Waals surface area contributed by atoms with Crippen LogP contribution in [0.4, 0.5) is 4.39 Å². The number of halogens is 1. The van der Waals surface area contributed by atoms with Crippen molar-refractivity contribution in [2.45, 2.75) is 38.8 Å². The smallest absolute Gasteiger partial charge is 0.253 e. The van der Waals surface area contributed by atoms with Gasteiger partial charge in [0, 0.05) is 38.3 Å². The van der Waals surface area contributed by atoms with Crippen LogP contribution in [-0.2, 0) is 6.54 Å². The Bertz CT molecular complexity index is 879. The second-order valence-electron chi connectivity index (χ2n) is 7.74. The summed E-state index contributed by atoms with van der Waals surface area (Å²) in [4.78, 5) is 18.7. The number of hydrogen-bond donors (Lipinski definition) is 2. The lowest BCUT2D eigenvalue weighted by Gasteiger charge is -2.26. The summed E-state index contributed by atoms with van der Waals surface area (Å²) in [5, 5.41) is 6.46. The number of likely N-dealkylation sites (tertiary alicyclic amines) is 1. The normalized spacial score (nSPS) is 15.3. The predicted octanol–water partition coefficient (Wildman–Crippen LogP) is 3.58. The molecule has 1 aliphatic rings. The number of carbonyl (C=O) groups is 1. The predicted molar refractivity (Wildman–Crippen MR) is 121 cm³/mol. The summed E-state index contributed by atoms with van der Waals surface area (Å²) in [5.74, 6) is 0.933. The van der Waals surface area contributed by atoms with E-state index in [-0.39, 0.29) is 17.8 Å². The first-order chi connectivity index (χ1) is 15.0. The molecule has 0 aliphatic carbocycles. The third-order valence-corrected chi connectivity index (χ3v) is 5.22. The summed E-state index contributed by atoms with van der Waals surface area (Å²) in [7, 11) is 1.70. The van der Waals surface area contributed by atoms with Crippen molar-refractivity contribution in [2.24, 2.45) is 4.99 Å². The molecule has 1 fully saturated rings. The lowest BCUT2D eigenvalue weighted by Crippen LogP contribution is -2.41. The monoisotopic (exact) mass is 426 g/mol. The number of piperidine rings is 1. The van der Waals surface area contributed by atoms with Crippen LogP contribution in [0.1, 0.15) is 42.1 Å². The van der Waals surface area contributed by atoms with Gasteiger partial charge in [0.15, 0.2) is 5.96 Å². The highest BCUT2D eigenvalue weighted by Gasteiger charge is 2.17. The lowest BCUT2D eigenvalue weighted by atomic mass is 10.1. The van der Waals surface area contributed by atoms with Crippen LogP contribution in [0, 0.1) is 5.82 Å². The summed E-state index contributed by atoms with van der Waals surface area (Å²) in [5.41, 5.74) is 1.79. The lowest BCUT2D eigenvalue weighted by molar-refractivity contribution is 0.0724. The highest BCUT2D eigenvalue weighted by Crippen LogP contribution is 2.15. The quantitative estimate of drug-likeness (QED) is 0.525. The topological polar surface area (TPSA) is 66.0 Å². The molecule has 1 aliphatic heterocycles. The van der Waals surface area contributed by atoms with Gasteiger partial charge in [0.05, 0.1) is 6.54 Å². The van der Waals surface area contributed by atoms with Crippen LogP contribution in [0.15, 0.2) is 53.5 Å². The fraction of sp³-hybridized carbons (Fsp3) is 0.417. The van der Waals surface area contributed by atoms with E-state index in [0.717, 1.165) is 37.1 Å². The maximum Gasteiger partial charge on any atom is 0.253 e. The fourth-order valence-electron chi connectivity index (χ4n) is 3.51. The highest BCUT2D eigenvalue weighted by molar-refractivity contribution is 5.94. The Labute approximate surface area is 183 Å². The van der Waals surface area contributed by atoms with Crippen molar-refractivity contribution in [3.63, 3.8) is 0 Å². The summed E-state index contributed by atoms with van der Waals surface area (Å²) >= 11 is 0.